The Morgan fingerprint density at radius 2 is 2.26 bits per heavy atom. The van der Waals surface area contributed by atoms with E-state index < -0.39 is 0 Å². The smallest absolute Gasteiger partial charge is 0.113 e. The molecule has 2 atom stereocenters. The maximum atomic E-state index is 6.03. The van der Waals surface area contributed by atoms with Crippen LogP contribution in [0.5, 0.6) is 0 Å². The Morgan fingerprint density at radius 1 is 1.37 bits per heavy atom. The van der Waals surface area contributed by atoms with Crippen molar-refractivity contribution in [2.45, 2.75) is 18.3 Å². The van der Waals surface area contributed by atoms with Crippen molar-refractivity contribution in [2.24, 2.45) is 0 Å². The van der Waals surface area contributed by atoms with Crippen molar-refractivity contribution in [1.29, 1.82) is 0 Å². The van der Waals surface area contributed by atoms with Crippen molar-refractivity contribution < 1.29 is 0 Å². The highest BCUT2D eigenvalue weighted by Crippen LogP contribution is 2.40. The van der Waals surface area contributed by atoms with Gasteiger partial charge in [-0.1, -0.05) is 39.7 Å². The molecule has 1 saturated heterocycles. The summed E-state index contributed by atoms with van der Waals surface area (Å²) < 4.78 is 1.91. The Morgan fingerprint density at radius 3 is 3.00 bits per heavy atom. The molecular weight excluding hydrogens is 344 g/mol. The molecule has 0 bridgehead atoms. The van der Waals surface area contributed by atoms with E-state index in [0.717, 1.165) is 33.3 Å². The van der Waals surface area contributed by atoms with Crippen LogP contribution in [0.25, 0.3) is 0 Å². The summed E-state index contributed by atoms with van der Waals surface area (Å²) in [6, 6.07) is 8.57. The molecule has 2 aromatic rings. The minimum atomic E-state index is 0.466. The number of benzene rings is 1. The average Bonchev–Trinajstić information content (AvgIpc) is 2.85. The molecule has 1 aromatic heterocycles. The quantitative estimate of drug-likeness (QED) is 0.860. The third kappa shape index (κ3) is 3.02. The van der Waals surface area contributed by atoms with Crippen LogP contribution < -0.4 is 5.32 Å². The van der Waals surface area contributed by atoms with Crippen LogP contribution in [-0.4, -0.2) is 18.1 Å². The van der Waals surface area contributed by atoms with Crippen molar-refractivity contribution >= 4 is 38.9 Å². The number of aromatic nitrogens is 1. The van der Waals surface area contributed by atoms with Crippen LogP contribution in [-0.2, 0) is 0 Å². The van der Waals surface area contributed by atoms with Crippen molar-refractivity contribution in [3.8, 4) is 0 Å². The fourth-order valence-electron chi connectivity index (χ4n) is 2.68. The van der Waals surface area contributed by atoms with E-state index in [4.69, 9.17) is 11.6 Å². The Labute approximate surface area is 130 Å². The second-order valence-corrected chi connectivity index (χ2v) is 7.37. The van der Waals surface area contributed by atoms with Crippen molar-refractivity contribution in [2.75, 3.05) is 13.1 Å². The second-order valence-electron chi connectivity index (χ2n) is 4.76. The van der Waals surface area contributed by atoms with E-state index >= 15 is 0 Å². The largest absolute Gasteiger partial charge is 0.316 e. The predicted octanol–water partition coefficient (Wildman–Crippen LogP) is 4.42. The van der Waals surface area contributed by atoms with Gasteiger partial charge in [0.05, 0.1) is 11.2 Å². The number of nitrogens with one attached hydrogen (secondary N) is 1. The third-order valence-corrected chi connectivity index (χ3v) is 5.31. The molecule has 0 amide bonds. The number of thiazole rings is 1. The van der Waals surface area contributed by atoms with Gasteiger partial charge in [-0.15, -0.1) is 11.3 Å². The van der Waals surface area contributed by atoms with Gasteiger partial charge < -0.3 is 5.32 Å². The molecule has 1 fully saturated rings. The predicted molar refractivity (Wildman–Crippen MR) is 84.2 cm³/mol. The molecule has 1 aliphatic rings. The summed E-state index contributed by atoms with van der Waals surface area (Å²) in [5.41, 5.74) is 1.36. The fourth-order valence-corrected chi connectivity index (χ4v) is 4.23. The molecule has 3 rings (SSSR count). The lowest BCUT2D eigenvalue weighted by atomic mass is 9.82. The summed E-state index contributed by atoms with van der Waals surface area (Å²) in [6.45, 7) is 2.05. The van der Waals surface area contributed by atoms with Gasteiger partial charge in [-0.05, 0) is 30.7 Å². The molecule has 19 heavy (non-hydrogen) atoms. The maximum Gasteiger partial charge on any atom is 0.113 e. The molecule has 0 saturated carbocycles. The summed E-state index contributed by atoms with van der Waals surface area (Å²) in [7, 11) is 0. The minimum absolute atomic E-state index is 0.466. The van der Waals surface area contributed by atoms with Crippen LogP contribution in [0.15, 0.2) is 34.9 Å². The van der Waals surface area contributed by atoms with Crippen molar-refractivity contribution in [1.82, 2.24) is 10.3 Å². The van der Waals surface area contributed by atoms with Crippen LogP contribution in [0.4, 0.5) is 0 Å². The SMILES string of the molecule is Clc1cnc(C2CCNCC2c2cccc(Br)c2)s1. The molecule has 0 radical (unpaired) electrons. The molecule has 0 aliphatic carbocycles. The highest BCUT2D eigenvalue weighted by molar-refractivity contribution is 9.10. The van der Waals surface area contributed by atoms with Gasteiger partial charge in [0.15, 0.2) is 0 Å². The topological polar surface area (TPSA) is 24.9 Å². The fraction of sp³-hybridized carbons (Fsp3) is 0.357. The number of hydrogen-bond donors (Lipinski definition) is 1. The van der Waals surface area contributed by atoms with Crippen LogP contribution in [0, 0.1) is 0 Å². The van der Waals surface area contributed by atoms with E-state index in [1.165, 1.54) is 5.56 Å². The van der Waals surface area contributed by atoms with Crippen molar-refractivity contribution in [3.63, 3.8) is 0 Å². The van der Waals surface area contributed by atoms with E-state index in [9.17, 15) is 0 Å². The molecule has 2 nitrogen and oxygen atoms in total. The molecular formula is C14H14BrClN2S. The average molecular weight is 358 g/mol. The third-order valence-electron chi connectivity index (χ3n) is 3.57. The highest BCUT2D eigenvalue weighted by atomic mass is 79.9. The van der Waals surface area contributed by atoms with Crippen LogP contribution in [0.1, 0.15) is 28.8 Å². The van der Waals surface area contributed by atoms with Crippen LogP contribution in [0.3, 0.4) is 0 Å². The Hall–Kier alpha value is -0.420. The van der Waals surface area contributed by atoms with Gasteiger partial charge in [0.2, 0.25) is 0 Å². The normalized spacial score (nSPS) is 23.5. The molecule has 0 spiro atoms. The lowest BCUT2D eigenvalue weighted by Crippen LogP contribution is -2.33. The summed E-state index contributed by atoms with van der Waals surface area (Å²) in [4.78, 5) is 4.48. The van der Waals surface area contributed by atoms with Gasteiger partial charge in [0, 0.05) is 22.9 Å². The number of nitrogens with zero attached hydrogens (tertiary/aromatic N) is 1. The monoisotopic (exact) mass is 356 g/mol. The summed E-state index contributed by atoms with van der Waals surface area (Å²) in [5, 5.41) is 4.65. The molecule has 2 heterocycles. The molecule has 5 heteroatoms. The Bertz CT molecular complexity index is 572. The molecule has 1 aliphatic heterocycles. The number of hydrogen-bond acceptors (Lipinski definition) is 3. The minimum Gasteiger partial charge on any atom is -0.316 e. The Balaban J connectivity index is 1.93. The van der Waals surface area contributed by atoms with Gasteiger partial charge in [-0.2, -0.15) is 0 Å². The van der Waals surface area contributed by atoms with Gasteiger partial charge >= 0.3 is 0 Å². The second kappa shape index (κ2) is 5.92. The molecule has 1 aromatic carbocycles. The van der Waals surface area contributed by atoms with E-state index in [1.807, 2.05) is 0 Å². The van der Waals surface area contributed by atoms with E-state index in [2.05, 4.69) is 50.5 Å². The summed E-state index contributed by atoms with van der Waals surface area (Å²) in [5.74, 6) is 0.932. The number of piperidine rings is 1. The van der Waals surface area contributed by atoms with E-state index in [1.54, 1.807) is 17.5 Å². The highest BCUT2D eigenvalue weighted by Gasteiger charge is 2.29. The Kier molecular flexibility index (Phi) is 4.22. The van der Waals surface area contributed by atoms with Crippen molar-refractivity contribution in [3.05, 3.63) is 49.8 Å². The lowest BCUT2D eigenvalue weighted by Gasteiger charge is -2.31. The lowest BCUT2D eigenvalue weighted by molar-refractivity contribution is 0.403. The maximum absolute atomic E-state index is 6.03. The van der Waals surface area contributed by atoms with E-state index in [0.29, 0.717) is 11.8 Å². The van der Waals surface area contributed by atoms with Gasteiger partial charge in [-0.3, -0.25) is 0 Å². The first-order valence-electron chi connectivity index (χ1n) is 6.31. The standard InChI is InChI=1S/C14H14BrClN2S/c15-10-3-1-2-9(6-10)12-7-17-5-4-11(12)14-18-8-13(16)19-14/h1-3,6,8,11-12,17H,4-5,7H2. The van der Waals surface area contributed by atoms with Gasteiger partial charge in [-0.25, -0.2) is 4.98 Å². The molecule has 100 valence electrons. The van der Waals surface area contributed by atoms with Gasteiger partial charge in [0.25, 0.3) is 0 Å². The summed E-state index contributed by atoms with van der Waals surface area (Å²) in [6.07, 6.45) is 2.88. The summed E-state index contributed by atoms with van der Waals surface area (Å²) >= 11 is 11.2. The molecule has 2 unspecified atom stereocenters. The van der Waals surface area contributed by atoms with Crippen LogP contribution in [0.2, 0.25) is 4.34 Å². The van der Waals surface area contributed by atoms with Gasteiger partial charge in [0.1, 0.15) is 4.34 Å². The zero-order valence-electron chi connectivity index (χ0n) is 10.3. The van der Waals surface area contributed by atoms with Crippen LogP contribution >= 0.6 is 38.9 Å². The first-order chi connectivity index (χ1) is 9.24. The van der Waals surface area contributed by atoms with E-state index in [-0.39, 0.29) is 0 Å². The first-order valence-corrected chi connectivity index (χ1v) is 8.30. The number of rotatable bonds is 2. The zero-order chi connectivity index (χ0) is 13.2. The zero-order valence-corrected chi connectivity index (χ0v) is 13.4. The number of halogens is 2. The first kappa shape index (κ1) is 13.6. The molecule has 1 N–H and O–H groups in total.